The highest BCUT2D eigenvalue weighted by atomic mass is 16.5. The molecule has 3 rings (SSSR count). The van der Waals surface area contributed by atoms with Gasteiger partial charge in [-0.25, -0.2) is 0 Å². The molecule has 0 aliphatic heterocycles. The van der Waals surface area contributed by atoms with Gasteiger partial charge in [0.05, 0.1) is 5.92 Å². The van der Waals surface area contributed by atoms with Gasteiger partial charge in [0.1, 0.15) is 5.75 Å². The van der Waals surface area contributed by atoms with Gasteiger partial charge in [-0.15, -0.1) is 0 Å². The molecule has 1 aromatic rings. The molecule has 2 aliphatic carbocycles. The van der Waals surface area contributed by atoms with Crippen LogP contribution in [0.15, 0.2) is 24.3 Å². The van der Waals surface area contributed by atoms with Crippen molar-refractivity contribution in [1.29, 1.82) is 0 Å². The van der Waals surface area contributed by atoms with E-state index in [-0.39, 0.29) is 11.9 Å². The Bertz CT molecular complexity index is 575. The summed E-state index contributed by atoms with van der Waals surface area (Å²) in [5.41, 5.74) is 1.42. The third kappa shape index (κ3) is 6.09. The maximum atomic E-state index is 12.6. The van der Waals surface area contributed by atoms with Crippen LogP contribution in [0.2, 0.25) is 0 Å². The molecule has 2 nitrogen and oxygen atoms in total. The lowest BCUT2D eigenvalue weighted by Gasteiger charge is -2.29. The molecule has 2 heteroatoms. The fourth-order valence-corrected chi connectivity index (χ4v) is 5.38. The van der Waals surface area contributed by atoms with Crippen LogP contribution in [-0.4, -0.2) is 5.97 Å². The molecule has 0 heterocycles. The number of unbranched alkanes of at least 4 members (excludes halogenated alkanes) is 1. The van der Waals surface area contributed by atoms with Gasteiger partial charge in [0.2, 0.25) is 0 Å². The standard InChI is InChI=1S/C26H40O2/c1-3-5-7-21-10-14-24(15-11-21)26(27)28-25-18-16-23(17-19-25)22-12-8-20(6-4-2)9-13-22/h16-22,24H,3-15H2,1-2H3/t20-,21?,22-,24?. The molecule has 2 aliphatic rings. The number of carbonyl (C=O) groups excluding carboxylic acids is 1. The summed E-state index contributed by atoms with van der Waals surface area (Å²) in [6.07, 6.45) is 16.4. The fourth-order valence-electron chi connectivity index (χ4n) is 5.38. The van der Waals surface area contributed by atoms with E-state index in [4.69, 9.17) is 4.74 Å². The second-order valence-corrected chi connectivity index (χ2v) is 9.36. The Balaban J connectivity index is 1.44. The summed E-state index contributed by atoms with van der Waals surface area (Å²) < 4.78 is 5.72. The molecule has 0 radical (unpaired) electrons. The van der Waals surface area contributed by atoms with E-state index in [1.54, 1.807) is 0 Å². The van der Waals surface area contributed by atoms with Crippen LogP contribution < -0.4 is 4.74 Å². The SMILES string of the molecule is CCCCC1CCC(C(=O)Oc2ccc([C@H]3CC[C@H](CCC)CC3)cc2)CC1. The van der Waals surface area contributed by atoms with E-state index in [9.17, 15) is 4.79 Å². The molecule has 0 atom stereocenters. The first-order valence-electron chi connectivity index (χ1n) is 12.0. The van der Waals surface area contributed by atoms with E-state index in [1.165, 1.54) is 76.2 Å². The number of esters is 1. The van der Waals surface area contributed by atoms with Crippen LogP contribution in [0, 0.1) is 17.8 Å². The molecule has 0 amide bonds. The van der Waals surface area contributed by atoms with Crippen LogP contribution in [0.3, 0.4) is 0 Å². The second-order valence-electron chi connectivity index (χ2n) is 9.36. The van der Waals surface area contributed by atoms with Crippen molar-refractivity contribution in [2.24, 2.45) is 17.8 Å². The van der Waals surface area contributed by atoms with Gasteiger partial charge in [-0.3, -0.25) is 4.79 Å². The minimum absolute atomic E-state index is 0.0123. The molecule has 156 valence electrons. The number of benzene rings is 1. The maximum absolute atomic E-state index is 12.6. The van der Waals surface area contributed by atoms with E-state index in [2.05, 4.69) is 26.0 Å². The van der Waals surface area contributed by atoms with Crippen molar-refractivity contribution in [3.63, 3.8) is 0 Å². The van der Waals surface area contributed by atoms with Gasteiger partial charge in [-0.2, -0.15) is 0 Å². The van der Waals surface area contributed by atoms with Gasteiger partial charge in [-0.1, -0.05) is 58.1 Å². The third-order valence-electron chi connectivity index (χ3n) is 7.26. The molecule has 0 saturated heterocycles. The van der Waals surface area contributed by atoms with Crippen LogP contribution in [0.1, 0.15) is 109 Å². The minimum Gasteiger partial charge on any atom is -0.426 e. The fraction of sp³-hybridized carbons (Fsp3) is 0.731. The zero-order chi connectivity index (χ0) is 19.8. The number of hydrogen-bond donors (Lipinski definition) is 0. The van der Waals surface area contributed by atoms with Crippen molar-refractivity contribution in [1.82, 2.24) is 0 Å². The predicted molar refractivity (Wildman–Crippen MR) is 117 cm³/mol. The topological polar surface area (TPSA) is 26.3 Å². The maximum Gasteiger partial charge on any atom is 0.314 e. The Morgan fingerprint density at radius 1 is 0.821 bits per heavy atom. The molecular formula is C26H40O2. The average molecular weight is 385 g/mol. The van der Waals surface area contributed by atoms with Gasteiger partial charge in [-0.05, 0) is 86.8 Å². The summed E-state index contributed by atoms with van der Waals surface area (Å²) in [6.45, 7) is 4.55. The lowest BCUT2D eigenvalue weighted by atomic mass is 9.77. The molecule has 2 saturated carbocycles. The van der Waals surface area contributed by atoms with E-state index >= 15 is 0 Å². The molecule has 0 aromatic heterocycles. The minimum atomic E-state index is -0.0123. The van der Waals surface area contributed by atoms with E-state index in [0.717, 1.165) is 30.4 Å². The van der Waals surface area contributed by atoms with Crippen molar-refractivity contribution in [3.05, 3.63) is 29.8 Å². The van der Waals surface area contributed by atoms with Crippen LogP contribution in [0.4, 0.5) is 0 Å². The van der Waals surface area contributed by atoms with Crippen molar-refractivity contribution in [2.75, 3.05) is 0 Å². The summed E-state index contributed by atoms with van der Waals surface area (Å²) in [6, 6.07) is 8.40. The van der Waals surface area contributed by atoms with Gasteiger partial charge < -0.3 is 4.74 Å². The number of rotatable bonds is 8. The van der Waals surface area contributed by atoms with Crippen LogP contribution in [0.5, 0.6) is 5.75 Å². The molecule has 28 heavy (non-hydrogen) atoms. The quantitative estimate of drug-likeness (QED) is 0.339. The molecule has 0 bridgehead atoms. The lowest BCUT2D eigenvalue weighted by Crippen LogP contribution is -2.25. The van der Waals surface area contributed by atoms with Gasteiger partial charge >= 0.3 is 5.97 Å². The molecule has 2 fully saturated rings. The predicted octanol–water partition coefficient (Wildman–Crippen LogP) is 7.66. The Labute approximate surface area is 172 Å². The first-order chi connectivity index (χ1) is 13.7. The second kappa shape index (κ2) is 11.0. The molecule has 0 N–H and O–H groups in total. The Morgan fingerprint density at radius 2 is 1.43 bits per heavy atom. The Kier molecular flexibility index (Phi) is 8.43. The molecule has 1 aromatic carbocycles. The zero-order valence-electron chi connectivity index (χ0n) is 18.1. The summed E-state index contributed by atoms with van der Waals surface area (Å²) in [5, 5.41) is 0. The molecule has 0 spiro atoms. The van der Waals surface area contributed by atoms with Gasteiger partial charge in [0.15, 0.2) is 0 Å². The van der Waals surface area contributed by atoms with E-state index in [1.807, 2.05) is 12.1 Å². The van der Waals surface area contributed by atoms with E-state index in [0.29, 0.717) is 5.92 Å². The third-order valence-corrected chi connectivity index (χ3v) is 7.26. The van der Waals surface area contributed by atoms with Crippen molar-refractivity contribution in [2.45, 2.75) is 103 Å². The summed E-state index contributed by atoms with van der Waals surface area (Å²) in [4.78, 5) is 12.6. The van der Waals surface area contributed by atoms with Crippen LogP contribution >= 0.6 is 0 Å². The van der Waals surface area contributed by atoms with E-state index < -0.39 is 0 Å². The number of ether oxygens (including phenoxy) is 1. The highest BCUT2D eigenvalue weighted by Crippen LogP contribution is 2.38. The van der Waals surface area contributed by atoms with Gasteiger partial charge in [0, 0.05) is 0 Å². The number of carbonyl (C=O) groups is 1. The normalized spacial score (nSPS) is 28.1. The molecule has 0 unspecified atom stereocenters. The van der Waals surface area contributed by atoms with Crippen LogP contribution in [0.25, 0.3) is 0 Å². The van der Waals surface area contributed by atoms with Crippen molar-refractivity contribution in [3.8, 4) is 5.75 Å². The zero-order valence-corrected chi connectivity index (χ0v) is 18.1. The number of hydrogen-bond acceptors (Lipinski definition) is 2. The highest BCUT2D eigenvalue weighted by molar-refractivity contribution is 5.75. The summed E-state index contributed by atoms with van der Waals surface area (Å²) in [7, 11) is 0. The lowest BCUT2D eigenvalue weighted by molar-refractivity contribution is -0.140. The summed E-state index contributed by atoms with van der Waals surface area (Å²) in [5.74, 6) is 3.28. The summed E-state index contributed by atoms with van der Waals surface area (Å²) >= 11 is 0. The average Bonchev–Trinajstić information content (AvgIpc) is 2.74. The smallest absolute Gasteiger partial charge is 0.314 e. The van der Waals surface area contributed by atoms with Gasteiger partial charge in [0.25, 0.3) is 0 Å². The molecular weight excluding hydrogens is 344 g/mol. The Hall–Kier alpha value is -1.31. The highest BCUT2D eigenvalue weighted by Gasteiger charge is 2.27. The Morgan fingerprint density at radius 3 is 2.04 bits per heavy atom. The largest absolute Gasteiger partial charge is 0.426 e. The first kappa shape index (κ1) is 21.4. The van der Waals surface area contributed by atoms with Crippen LogP contribution in [-0.2, 0) is 4.79 Å². The van der Waals surface area contributed by atoms with Crippen molar-refractivity contribution < 1.29 is 9.53 Å². The monoisotopic (exact) mass is 384 g/mol. The van der Waals surface area contributed by atoms with Crippen molar-refractivity contribution >= 4 is 5.97 Å². The first-order valence-corrected chi connectivity index (χ1v) is 12.0.